The summed E-state index contributed by atoms with van der Waals surface area (Å²) in [5, 5.41) is 12.8. The minimum absolute atomic E-state index is 0.00234. The second kappa shape index (κ2) is 5.95. The number of hydrogen-bond donors (Lipinski definition) is 2. The first-order chi connectivity index (χ1) is 10.6. The van der Waals surface area contributed by atoms with Gasteiger partial charge in [-0.2, -0.15) is 0 Å². The lowest BCUT2D eigenvalue weighted by atomic mass is 10.2. The molecule has 0 saturated heterocycles. The Hall–Kier alpha value is -2.72. The van der Waals surface area contributed by atoms with Crippen molar-refractivity contribution in [2.75, 3.05) is 5.32 Å². The molecule has 2 aromatic carbocycles. The van der Waals surface area contributed by atoms with Crippen LogP contribution in [0.4, 0.5) is 5.69 Å². The molecule has 5 heteroatoms. The van der Waals surface area contributed by atoms with Crippen molar-refractivity contribution in [3.63, 3.8) is 0 Å². The second-order valence-corrected chi connectivity index (χ2v) is 5.08. The fourth-order valence-electron chi connectivity index (χ4n) is 2.02. The predicted molar refractivity (Wildman–Crippen MR) is 85.2 cm³/mol. The predicted octanol–water partition coefficient (Wildman–Crippen LogP) is 4.56. The van der Waals surface area contributed by atoms with Crippen molar-refractivity contribution in [2.24, 2.45) is 0 Å². The van der Waals surface area contributed by atoms with E-state index in [1.54, 1.807) is 42.5 Å². The summed E-state index contributed by atoms with van der Waals surface area (Å²) in [7, 11) is 0. The highest BCUT2D eigenvalue weighted by atomic mass is 35.5. The van der Waals surface area contributed by atoms with Crippen LogP contribution in [-0.4, -0.2) is 11.0 Å². The summed E-state index contributed by atoms with van der Waals surface area (Å²) in [6.07, 6.45) is 0. The highest BCUT2D eigenvalue weighted by Crippen LogP contribution is 2.26. The van der Waals surface area contributed by atoms with Crippen molar-refractivity contribution in [1.82, 2.24) is 0 Å². The zero-order valence-corrected chi connectivity index (χ0v) is 12.2. The third-order valence-corrected chi connectivity index (χ3v) is 3.33. The van der Waals surface area contributed by atoms with Crippen molar-refractivity contribution in [1.29, 1.82) is 0 Å². The Balaban J connectivity index is 1.82. The number of nitrogens with one attached hydrogen (secondary N) is 1. The zero-order valence-electron chi connectivity index (χ0n) is 11.4. The van der Waals surface area contributed by atoms with Gasteiger partial charge in [0.15, 0.2) is 5.76 Å². The van der Waals surface area contributed by atoms with Crippen LogP contribution in [0, 0.1) is 0 Å². The van der Waals surface area contributed by atoms with E-state index >= 15 is 0 Å². The minimum Gasteiger partial charge on any atom is -0.506 e. The number of anilines is 1. The topological polar surface area (TPSA) is 62.5 Å². The molecule has 0 saturated carbocycles. The average molecular weight is 314 g/mol. The molecule has 0 aliphatic heterocycles. The van der Waals surface area contributed by atoms with Crippen LogP contribution in [0.1, 0.15) is 10.6 Å². The zero-order chi connectivity index (χ0) is 15.5. The number of phenols is 1. The van der Waals surface area contributed by atoms with Gasteiger partial charge in [0.05, 0.1) is 5.69 Å². The molecule has 0 atom stereocenters. The number of rotatable bonds is 3. The van der Waals surface area contributed by atoms with E-state index in [9.17, 15) is 9.90 Å². The summed E-state index contributed by atoms with van der Waals surface area (Å²) in [4.78, 5) is 12.1. The Kier molecular flexibility index (Phi) is 3.85. The lowest BCUT2D eigenvalue weighted by Gasteiger charge is -2.05. The van der Waals surface area contributed by atoms with Gasteiger partial charge in [0.25, 0.3) is 5.91 Å². The number of halogens is 1. The van der Waals surface area contributed by atoms with Crippen LogP contribution in [0.5, 0.6) is 5.75 Å². The van der Waals surface area contributed by atoms with Crippen molar-refractivity contribution in [3.8, 4) is 17.1 Å². The largest absolute Gasteiger partial charge is 0.506 e. The van der Waals surface area contributed by atoms with Gasteiger partial charge in [-0.25, -0.2) is 0 Å². The summed E-state index contributed by atoms with van der Waals surface area (Å²) < 4.78 is 5.55. The summed E-state index contributed by atoms with van der Waals surface area (Å²) in [6.45, 7) is 0. The monoisotopic (exact) mass is 313 g/mol. The Morgan fingerprint density at radius 2 is 1.86 bits per heavy atom. The SMILES string of the molecule is O=C(Nc1ccccc1O)c1ccc(-c2cccc(Cl)c2)o1. The quantitative estimate of drug-likeness (QED) is 0.697. The molecule has 110 valence electrons. The fraction of sp³-hybridized carbons (Fsp3) is 0. The van der Waals surface area contributed by atoms with E-state index in [0.717, 1.165) is 5.56 Å². The van der Waals surface area contributed by atoms with E-state index in [-0.39, 0.29) is 11.5 Å². The molecular weight excluding hydrogens is 302 g/mol. The lowest BCUT2D eigenvalue weighted by molar-refractivity contribution is 0.0997. The van der Waals surface area contributed by atoms with E-state index in [0.29, 0.717) is 16.5 Å². The molecule has 0 fully saturated rings. The van der Waals surface area contributed by atoms with Crippen molar-refractivity contribution in [2.45, 2.75) is 0 Å². The van der Waals surface area contributed by atoms with Gasteiger partial charge in [0.2, 0.25) is 0 Å². The number of benzene rings is 2. The third-order valence-electron chi connectivity index (χ3n) is 3.09. The molecule has 1 heterocycles. The summed E-state index contributed by atoms with van der Waals surface area (Å²) >= 11 is 5.94. The fourth-order valence-corrected chi connectivity index (χ4v) is 2.21. The van der Waals surface area contributed by atoms with Gasteiger partial charge in [-0.1, -0.05) is 35.9 Å². The maximum absolute atomic E-state index is 12.1. The first kappa shape index (κ1) is 14.2. The standard InChI is InChI=1S/C17H12ClNO3/c18-12-5-3-4-11(10-12)15-8-9-16(22-15)17(21)19-13-6-1-2-7-14(13)20/h1-10,20H,(H,19,21). The molecule has 22 heavy (non-hydrogen) atoms. The van der Waals surface area contributed by atoms with Gasteiger partial charge in [-0.05, 0) is 36.4 Å². The number of aromatic hydroxyl groups is 1. The average Bonchev–Trinajstić information content (AvgIpc) is 2.99. The van der Waals surface area contributed by atoms with Gasteiger partial charge in [-0.15, -0.1) is 0 Å². The summed E-state index contributed by atoms with van der Waals surface area (Å²) in [5.41, 5.74) is 1.11. The summed E-state index contributed by atoms with van der Waals surface area (Å²) in [6, 6.07) is 16.9. The maximum atomic E-state index is 12.1. The molecule has 0 radical (unpaired) electrons. The van der Waals surface area contributed by atoms with Crippen LogP contribution in [0.15, 0.2) is 65.1 Å². The van der Waals surface area contributed by atoms with Crippen LogP contribution in [0.3, 0.4) is 0 Å². The summed E-state index contributed by atoms with van der Waals surface area (Å²) in [5.74, 6) is 0.260. The van der Waals surface area contributed by atoms with Gasteiger partial charge in [0, 0.05) is 10.6 Å². The van der Waals surface area contributed by atoms with Crippen molar-refractivity contribution < 1.29 is 14.3 Å². The number of hydrogen-bond acceptors (Lipinski definition) is 3. The number of para-hydroxylation sites is 2. The molecule has 0 bridgehead atoms. The first-order valence-corrected chi connectivity index (χ1v) is 6.96. The molecule has 0 aliphatic rings. The molecule has 4 nitrogen and oxygen atoms in total. The molecule has 1 aromatic heterocycles. The molecule has 0 aliphatic carbocycles. The molecule has 2 N–H and O–H groups in total. The van der Waals surface area contributed by atoms with E-state index in [1.807, 2.05) is 12.1 Å². The minimum atomic E-state index is -0.435. The van der Waals surface area contributed by atoms with Crippen LogP contribution in [0.25, 0.3) is 11.3 Å². The number of amides is 1. The van der Waals surface area contributed by atoms with Crippen LogP contribution in [0.2, 0.25) is 5.02 Å². The van der Waals surface area contributed by atoms with Crippen LogP contribution < -0.4 is 5.32 Å². The highest BCUT2D eigenvalue weighted by Gasteiger charge is 2.14. The number of phenolic OH excluding ortho intramolecular Hbond substituents is 1. The molecule has 3 rings (SSSR count). The maximum Gasteiger partial charge on any atom is 0.291 e. The second-order valence-electron chi connectivity index (χ2n) is 4.65. The Bertz CT molecular complexity index is 826. The lowest BCUT2D eigenvalue weighted by Crippen LogP contribution is -2.10. The Labute approximate surface area is 132 Å². The van der Waals surface area contributed by atoms with Crippen LogP contribution >= 0.6 is 11.6 Å². The van der Waals surface area contributed by atoms with Gasteiger partial charge < -0.3 is 14.8 Å². The van der Waals surface area contributed by atoms with E-state index in [2.05, 4.69) is 5.32 Å². The van der Waals surface area contributed by atoms with Gasteiger partial charge in [-0.3, -0.25) is 4.79 Å². The number of carbonyl (C=O) groups is 1. The molecule has 3 aromatic rings. The molecular formula is C17H12ClNO3. The number of carbonyl (C=O) groups excluding carboxylic acids is 1. The van der Waals surface area contributed by atoms with Crippen molar-refractivity contribution >= 4 is 23.2 Å². The molecule has 0 unspecified atom stereocenters. The first-order valence-electron chi connectivity index (χ1n) is 6.58. The van der Waals surface area contributed by atoms with E-state index < -0.39 is 5.91 Å². The van der Waals surface area contributed by atoms with Gasteiger partial charge >= 0.3 is 0 Å². The molecule has 0 spiro atoms. The van der Waals surface area contributed by atoms with Crippen molar-refractivity contribution in [3.05, 3.63) is 71.4 Å². The van der Waals surface area contributed by atoms with Gasteiger partial charge in [0.1, 0.15) is 11.5 Å². The smallest absolute Gasteiger partial charge is 0.291 e. The molecule has 1 amide bonds. The normalized spacial score (nSPS) is 10.4. The highest BCUT2D eigenvalue weighted by molar-refractivity contribution is 6.30. The Morgan fingerprint density at radius 1 is 1.05 bits per heavy atom. The third kappa shape index (κ3) is 2.97. The van der Waals surface area contributed by atoms with E-state index in [1.165, 1.54) is 6.07 Å². The van der Waals surface area contributed by atoms with E-state index in [4.69, 9.17) is 16.0 Å². The Morgan fingerprint density at radius 3 is 2.64 bits per heavy atom. The van der Waals surface area contributed by atoms with Crippen LogP contribution in [-0.2, 0) is 0 Å². The number of furan rings is 1.